The van der Waals surface area contributed by atoms with Gasteiger partial charge < -0.3 is 23.8 Å². The summed E-state index contributed by atoms with van der Waals surface area (Å²) in [5, 5.41) is 0. The molecule has 0 N–H and O–H groups in total. The maximum absolute atomic E-state index is 12.9. The number of aromatic nitrogens is 1. The van der Waals surface area contributed by atoms with Gasteiger partial charge in [-0.3, -0.25) is 14.4 Å². The van der Waals surface area contributed by atoms with Crippen LogP contribution in [0.3, 0.4) is 0 Å². The number of carbonyl (C=O) groups is 3. The monoisotopic (exact) mass is 459 g/mol. The lowest BCUT2D eigenvalue weighted by Gasteiger charge is -2.21. The molecule has 4 rings (SSSR count). The fourth-order valence-electron chi connectivity index (χ4n) is 5.23. The van der Waals surface area contributed by atoms with E-state index in [1.54, 1.807) is 9.47 Å². The minimum atomic E-state index is -0.572. The number of pyridine rings is 1. The summed E-state index contributed by atoms with van der Waals surface area (Å²) in [4.78, 5) is 53.8. The first-order valence-corrected chi connectivity index (χ1v) is 12.0. The number of rotatable bonds is 7. The molecule has 1 aliphatic carbocycles. The maximum Gasteiger partial charge on any atom is 0.343 e. The van der Waals surface area contributed by atoms with Crippen LogP contribution in [0, 0.1) is 5.92 Å². The molecule has 0 unspecified atom stereocenters. The summed E-state index contributed by atoms with van der Waals surface area (Å²) in [6.45, 7) is 2.50. The van der Waals surface area contributed by atoms with Crippen LogP contribution in [0.4, 0.5) is 0 Å². The molecule has 3 heterocycles. The summed E-state index contributed by atoms with van der Waals surface area (Å²) < 4.78 is 12.4. The van der Waals surface area contributed by atoms with Crippen LogP contribution in [0.25, 0.3) is 0 Å². The number of methoxy groups -OCH3 is 1. The standard InChI is InChI=1S/C24H33N3O6/c1-32-24(31)23-18-8-10-26(21(29)15-17-5-2-3-6-17)11-12-27(18)22(30)16-19(23)33-14-13-25-9-4-7-20(25)28/h16-17H,2-15H2,1H3. The number of esters is 1. The molecule has 180 valence electrons. The summed E-state index contributed by atoms with van der Waals surface area (Å²) in [5.41, 5.74) is 0.502. The van der Waals surface area contributed by atoms with Crippen molar-refractivity contribution in [1.29, 1.82) is 0 Å². The third-order valence-electron chi connectivity index (χ3n) is 7.06. The SMILES string of the molecule is COC(=O)c1c(OCCN2CCCC2=O)cc(=O)n2c1CCN(C(=O)CC1CCCC1)CC2. The number of carbonyl (C=O) groups excluding carboxylic acids is 3. The summed E-state index contributed by atoms with van der Waals surface area (Å²) in [7, 11) is 1.30. The molecule has 0 spiro atoms. The molecule has 2 amide bonds. The van der Waals surface area contributed by atoms with Crippen LogP contribution < -0.4 is 10.3 Å². The van der Waals surface area contributed by atoms with Crippen molar-refractivity contribution in [2.75, 3.05) is 39.9 Å². The van der Waals surface area contributed by atoms with E-state index in [0.29, 0.717) is 63.6 Å². The smallest absolute Gasteiger partial charge is 0.343 e. The van der Waals surface area contributed by atoms with Crippen molar-refractivity contribution in [3.63, 3.8) is 0 Å². The zero-order valence-electron chi connectivity index (χ0n) is 19.3. The van der Waals surface area contributed by atoms with Gasteiger partial charge in [-0.1, -0.05) is 12.8 Å². The van der Waals surface area contributed by atoms with E-state index in [-0.39, 0.29) is 35.3 Å². The largest absolute Gasteiger partial charge is 0.491 e. The van der Waals surface area contributed by atoms with E-state index in [0.717, 1.165) is 19.3 Å². The van der Waals surface area contributed by atoms with Gasteiger partial charge in [-0.25, -0.2) is 4.79 Å². The van der Waals surface area contributed by atoms with Crippen molar-refractivity contribution in [1.82, 2.24) is 14.4 Å². The van der Waals surface area contributed by atoms with Crippen molar-refractivity contribution >= 4 is 17.8 Å². The second kappa shape index (κ2) is 10.4. The second-order valence-electron chi connectivity index (χ2n) is 9.13. The van der Waals surface area contributed by atoms with Crippen LogP contribution in [0.1, 0.15) is 61.0 Å². The molecule has 1 aromatic heterocycles. The fraction of sp³-hybridized carbons (Fsp3) is 0.667. The minimum absolute atomic E-state index is 0.0937. The van der Waals surface area contributed by atoms with Gasteiger partial charge >= 0.3 is 5.97 Å². The third-order valence-corrected chi connectivity index (χ3v) is 7.06. The van der Waals surface area contributed by atoms with Crippen LogP contribution in [0.5, 0.6) is 5.75 Å². The molecule has 0 bridgehead atoms. The van der Waals surface area contributed by atoms with Crippen molar-refractivity contribution in [3.05, 3.63) is 27.7 Å². The highest BCUT2D eigenvalue weighted by Crippen LogP contribution is 2.29. The third kappa shape index (κ3) is 5.23. The lowest BCUT2D eigenvalue weighted by molar-refractivity contribution is -0.132. The van der Waals surface area contributed by atoms with Crippen LogP contribution in [0.15, 0.2) is 10.9 Å². The molecule has 2 fully saturated rings. The molecule has 3 aliphatic rings. The average molecular weight is 460 g/mol. The molecule has 1 aromatic rings. The van der Waals surface area contributed by atoms with E-state index >= 15 is 0 Å². The topological polar surface area (TPSA) is 98.2 Å². The summed E-state index contributed by atoms with van der Waals surface area (Å²) in [6, 6.07) is 1.32. The van der Waals surface area contributed by atoms with E-state index in [1.165, 1.54) is 26.0 Å². The number of ether oxygens (including phenoxy) is 2. The highest BCUT2D eigenvalue weighted by molar-refractivity contribution is 5.93. The number of likely N-dealkylation sites (tertiary alicyclic amines) is 1. The Kier molecular flexibility index (Phi) is 7.35. The minimum Gasteiger partial charge on any atom is -0.491 e. The first-order chi connectivity index (χ1) is 16.0. The highest BCUT2D eigenvalue weighted by atomic mass is 16.5. The fourth-order valence-corrected chi connectivity index (χ4v) is 5.23. The zero-order chi connectivity index (χ0) is 23.4. The van der Waals surface area contributed by atoms with Gasteiger partial charge in [0.05, 0.1) is 13.7 Å². The van der Waals surface area contributed by atoms with E-state index in [9.17, 15) is 19.2 Å². The van der Waals surface area contributed by atoms with Crippen LogP contribution in [0.2, 0.25) is 0 Å². The molecule has 2 aliphatic heterocycles. The van der Waals surface area contributed by atoms with E-state index < -0.39 is 5.97 Å². The number of nitrogens with zero attached hydrogens (tertiary/aromatic N) is 3. The maximum atomic E-state index is 12.9. The van der Waals surface area contributed by atoms with Gasteiger partial charge in [0.15, 0.2) is 0 Å². The molecule has 0 aromatic carbocycles. The van der Waals surface area contributed by atoms with E-state index in [2.05, 4.69) is 0 Å². The predicted molar refractivity (Wildman–Crippen MR) is 120 cm³/mol. The Morgan fingerprint density at radius 3 is 2.52 bits per heavy atom. The first kappa shape index (κ1) is 23.3. The molecule has 33 heavy (non-hydrogen) atoms. The quantitative estimate of drug-likeness (QED) is 0.575. The molecule has 0 atom stereocenters. The number of fused-ring (bicyclic) bond motifs is 1. The summed E-state index contributed by atoms with van der Waals surface area (Å²) in [6.07, 6.45) is 6.90. The molecular formula is C24H33N3O6. The molecule has 1 saturated carbocycles. The van der Waals surface area contributed by atoms with Gasteiger partial charge in [-0.15, -0.1) is 0 Å². The van der Waals surface area contributed by atoms with Crippen molar-refractivity contribution in [2.24, 2.45) is 5.92 Å². The lowest BCUT2D eigenvalue weighted by Crippen LogP contribution is -2.35. The predicted octanol–water partition coefficient (Wildman–Crippen LogP) is 1.60. The molecule has 9 nitrogen and oxygen atoms in total. The van der Waals surface area contributed by atoms with Gasteiger partial charge in [0.2, 0.25) is 11.8 Å². The van der Waals surface area contributed by atoms with E-state index in [1.807, 2.05) is 4.90 Å². The summed E-state index contributed by atoms with van der Waals surface area (Å²) >= 11 is 0. The number of amides is 2. The number of hydrogen-bond donors (Lipinski definition) is 0. The van der Waals surface area contributed by atoms with Gasteiger partial charge in [-0.2, -0.15) is 0 Å². The lowest BCUT2D eigenvalue weighted by atomic mass is 10.0. The first-order valence-electron chi connectivity index (χ1n) is 12.0. The summed E-state index contributed by atoms with van der Waals surface area (Å²) in [5.74, 6) is 0.275. The van der Waals surface area contributed by atoms with Crippen molar-refractivity contribution in [2.45, 2.75) is 57.9 Å². The number of hydrogen-bond acceptors (Lipinski definition) is 6. The average Bonchev–Trinajstić information content (AvgIpc) is 3.40. The Hall–Kier alpha value is -2.84. The Morgan fingerprint density at radius 2 is 1.82 bits per heavy atom. The van der Waals surface area contributed by atoms with Gasteiger partial charge in [0.1, 0.15) is 17.9 Å². The zero-order valence-corrected chi connectivity index (χ0v) is 19.3. The van der Waals surface area contributed by atoms with Crippen molar-refractivity contribution in [3.8, 4) is 5.75 Å². The van der Waals surface area contributed by atoms with Crippen LogP contribution in [-0.2, 0) is 27.3 Å². The van der Waals surface area contributed by atoms with E-state index in [4.69, 9.17) is 9.47 Å². The molecule has 1 saturated heterocycles. The Bertz CT molecular complexity index is 966. The second-order valence-corrected chi connectivity index (χ2v) is 9.13. The van der Waals surface area contributed by atoms with Gasteiger partial charge in [-0.05, 0) is 25.2 Å². The normalized spacial score (nSPS) is 18.9. The van der Waals surface area contributed by atoms with Crippen LogP contribution in [-0.4, -0.2) is 72.0 Å². The molecule has 0 radical (unpaired) electrons. The van der Waals surface area contributed by atoms with Crippen LogP contribution >= 0.6 is 0 Å². The Balaban J connectivity index is 1.51. The van der Waals surface area contributed by atoms with Gasteiger partial charge in [0, 0.05) is 57.2 Å². The van der Waals surface area contributed by atoms with Crippen molar-refractivity contribution < 1.29 is 23.9 Å². The highest BCUT2D eigenvalue weighted by Gasteiger charge is 2.29. The Labute approximate surface area is 193 Å². The Morgan fingerprint density at radius 1 is 1.03 bits per heavy atom. The van der Waals surface area contributed by atoms with Gasteiger partial charge in [0.25, 0.3) is 5.56 Å². The molecule has 9 heteroatoms. The molecular weight excluding hydrogens is 426 g/mol.